The number of hydrogen-bond donors (Lipinski definition) is 2. The molecule has 1 aromatic rings. The Morgan fingerprint density at radius 2 is 1.50 bits per heavy atom. The highest BCUT2D eigenvalue weighted by Gasteiger charge is 2.30. The summed E-state index contributed by atoms with van der Waals surface area (Å²) in [6.07, 6.45) is 3.72. The maximum absolute atomic E-state index is 12.6. The van der Waals surface area contributed by atoms with Gasteiger partial charge in [-0.05, 0) is 62.8 Å². The molecule has 2 fully saturated rings. The van der Waals surface area contributed by atoms with Gasteiger partial charge >= 0.3 is 6.03 Å². The van der Waals surface area contributed by atoms with Gasteiger partial charge in [-0.15, -0.1) is 0 Å². The number of rotatable bonds is 4. The van der Waals surface area contributed by atoms with E-state index in [2.05, 4.69) is 16.7 Å². The van der Waals surface area contributed by atoms with Gasteiger partial charge in [0, 0.05) is 43.8 Å². The summed E-state index contributed by atoms with van der Waals surface area (Å²) in [5.41, 5.74) is 3.04. The lowest BCUT2D eigenvalue weighted by Crippen LogP contribution is -2.52. The third kappa shape index (κ3) is 5.95. The average molecular weight is 437 g/mol. The van der Waals surface area contributed by atoms with Crippen molar-refractivity contribution in [2.75, 3.05) is 37.8 Å². The van der Waals surface area contributed by atoms with Crippen molar-refractivity contribution in [1.82, 2.24) is 14.5 Å². The van der Waals surface area contributed by atoms with Gasteiger partial charge in [-0.2, -0.15) is 0 Å². The highest BCUT2D eigenvalue weighted by Crippen LogP contribution is 2.21. The van der Waals surface area contributed by atoms with E-state index >= 15 is 0 Å². The number of likely N-dealkylation sites (tertiary alicyclic amines) is 1. The number of sulfonamides is 1. The summed E-state index contributed by atoms with van der Waals surface area (Å²) in [6, 6.07) is 5.85. The zero-order chi connectivity index (χ0) is 21.9. The summed E-state index contributed by atoms with van der Waals surface area (Å²) < 4.78 is 24.6. The molecule has 1 aromatic carbocycles. The summed E-state index contributed by atoms with van der Waals surface area (Å²) in [7, 11) is -3.17. The molecular formula is C21H32N4O4S. The Balaban J connectivity index is 1.43. The van der Waals surface area contributed by atoms with Gasteiger partial charge in [0.15, 0.2) is 0 Å². The molecule has 2 aliphatic rings. The molecule has 2 heterocycles. The number of aryl methyl sites for hydroxylation is 2. The van der Waals surface area contributed by atoms with E-state index in [0.29, 0.717) is 51.9 Å². The maximum Gasteiger partial charge on any atom is 0.317 e. The summed E-state index contributed by atoms with van der Waals surface area (Å²) in [5.74, 6) is -0.0962. The van der Waals surface area contributed by atoms with Crippen LogP contribution in [0.2, 0.25) is 0 Å². The zero-order valence-corrected chi connectivity index (χ0v) is 18.8. The fraction of sp³-hybridized carbons (Fsp3) is 0.619. The second-order valence-corrected chi connectivity index (χ2v) is 10.5. The summed E-state index contributed by atoms with van der Waals surface area (Å²) in [6.45, 7) is 5.96. The minimum atomic E-state index is -3.17. The van der Waals surface area contributed by atoms with Crippen molar-refractivity contribution in [1.29, 1.82) is 0 Å². The molecule has 0 atom stereocenters. The number of carbonyl (C=O) groups is 2. The number of piperidine rings is 2. The molecule has 30 heavy (non-hydrogen) atoms. The molecule has 2 saturated heterocycles. The first kappa shape index (κ1) is 22.6. The molecule has 3 rings (SSSR count). The van der Waals surface area contributed by atoms with Crippen LogP contribution in [0.15, 0.2) is 18.2 Å². The van der Waals surface area contributed by atoms with E-state index in [1.165, 1.54) is 10.6 Å². The number of hydrogen-bond acceptors (Lipinski definition) is 4. The number of carbonyl (C=O) groups excluding carboxylic acids is 2. The standard InChI is InChI=1S/C21H32N4O4S/c1-15-12-16(2)14-19(13-15)22-20(26)17-4-8-24(9-5-17)21(27)23-18-6-10-25(11-7-18)30(3,28)29/h12-14,17-18H,4-11H2,1-3H3,(H,22,26)(H,23,27). The second kappa shape index (κ2) is 9.34. The first-order valence-electron chi connectivity index (χ1n) is 10.5. The fourth-order valence-corrected chi connectivity index (χ4v) is 5.11. The van der Waals surface area contributed by atoms with Crippen LogP contribution in [0.3, 0.4) is 0 Å². The Morgan fingerprint density at radius 1 is 0.933 bits per heavy atom. The van der Waals surface area contributed by atoms with Crippen LogP contribution in [0.25, 0.3) is 0 Å². The summed E-state index contributed by atoms with van der Waals surface area (Å²) in [5, 5.41) is 6.03. The molecule has 0 aromatic heterocycles. The van der Waals surface area contributed by atoms with E-state index < -0.39 is 10.0 Å². The number of nitrogens with one attached hydrogen (secondary N) is 2. The van der Waals surface area contributed by atoms with Gasteiger partial charge in [0.25, 0.3) is 0 Å². The summed E-state index contributed by atoms with van der Waals surface area (Å²) in [4.78, 5) is 26.9. The first-order valence-corrected chi connectivity index (χ1v) is 12.4. The topological polar surface area (TPSA) is 98.8 Å². The van der Waals surface area contributed by atoms with E-state index in [4.69, 9.17) is 0 Å². The van der Waals surface area contributed by atoms with E-state index in [0.717, 1.165) is 16.8 Å². The molecule has 3 amide bonds. The van der Waals surface area contributed by atoms with E-state index in [9.17, 15) is 18.0 Å². The van der Waals surface area contributed by atoms with Crippen LogP contribution in [0, 0.1) is 19.8 Å². The quantitative estimate of drug-likeness (QED) is 0.755. The largest absolute Gasteiger partial charge is 0.335 e. The van der Waals surface area contributed by atoms with Crippen LogP contribution >= 0.6 is 0 Å². The van der Waals surface area contributed by atoms with Crippen LogP contribution in [0.1, 0.15) is 36.8 Å². The van der Waals surface area contributed by atoms with Crippen LogP contribution in [-0.4, -0.2) is 68.0 Å². The molecule has 0 radical (unpaired) electrons. The Labute approximate surface area is 179 Å². The maximum atomic E-state index is 12.6. The molecule has 8 nitrogen and oxygen atoms in total. The Morgan fingerprint density at radius 3 is 2.03 bits per heavy atom. The lowest BCUT2D eigenvalue weighted by molar-refractivity contribution is -0.121. The van der Waals surface area contributed by atoms with Crippen molar-refractivity contribution < 1.29 is 18.0 Å². The van der Waals surface area contributed by atoms with Crippen molar-refractivity contribution in [2.24, 2.45) is 5.92 Å². The van der Waals surface area contributed by atoms with Gasteiger partial charge in [0.1, 0.15) is 0 Å². The van der Waals surface area contributed by atoms with Crippen LogP contribution in [0.4, 0.5) is 10.5 Å². The van der Waals surface area contributed by atoms with Crippen LogP contribution in [0.5, 0.6) is 0 Å². The molecule has 0 aliphatic carbocycles. The predicted octanol–water partition coefficient (Wildman–Crippen LogP) is 2.09. The van der Waals surface area contributed by atoms with E-state index in [1.54, 1.807) is 4.90 Å². The van der Waals surface area contributed by atoms with Crippen molar-refractivity contribution in [3.8, 4) is 0 Å². The fourth-order valence-electron chi connectivity index (χ4n) is 4.23. The number of benzene rings is 1. The first-order chi connectivity index (χ1) is 14.1. The molecule has 9 heteroatoms. The third-order valence-corrected chi connectivity index (χ3v) is 7.20. The van der Waals surface area contributed by atoms with Gasteiger partial charge in [-0.3, -0.25) is 4.79 Å². The normalized spacial score (nSPS) is 19.5. The average Bonchev–Trinajstić information content (AvgIpc) is 2.67. The molecule has 2 aliphatic heterocycles. The lowest BCUT2D eigenvalue weighted by atomic mass is 9.96. The SMILES string of the molecule is Cc1cc(C)cc(NC(=O)C2CCN(C(=O)NC3CCN(S(C)(=O)=O)CC3)CC2)c1. The molecule has 166 valence electrons. The predicted molar refractivity (Wildman–Crippen MR) is 117 cm³/mol. The van der Waals surface area contributed by atoms with E-state index in [1.807, 2.05) is 26.0 Å². The molecule has 2 N–H and O–H groups in total. The monoisotopic (exact) mass is 436 g/mol. The van der Waals surface area contributed by atoms with E-state index in [-0.39, 0.29) is 23.9 Å². The van der Waals surface area contributed by atoms with Gasteiger partial charge in [0.2, 0.25) is 15.9 Å². The smallest absolute Gasteiger partial charge is 0.317 e. The van der Waals surface area contributed by atoms with Crippen molar-refractivity contribution in [2.45, 2.75) is 45.6 Å². The third-order valence-electron chi connectivity index (χ3n) is 5.89. The summed E-state index contributed by atoms with van der Waals surface area (Å²) >= 11 is 0. The van der Waals surface area contributed by atoms with Gasteiger partial charge < -0.3 is 15.5 Å². The Hall–Kier alpha value is -2.13. The van der Waals surface area contributed by atoms with Crippen molar-refractivity contribution in [3.05, 3.63) is 29.3 Å². The zero-order valence-electron chi connectivity index (χ0n) is 18.0. The molecule has 0 unspecified atom stereocenters. The molecular weight excluding hydrogens is 404 g/mol. The van der Waals surface area contributed by atoms with Crippen LogP contribution < -0.4 is 10.6 Å². The molecule has 0 bridgehead atoms. The number of amides is 3. The van der Waals surface area contributed by atoms with Gasteiger partial charge in [-0.25, -0.2) is 17.5 Å². The highest BCUT2D eigenvalue weighted by molar-refractivity contribution is 7.88. The minimum absolute atomic E-state index is 0.00760. The second-order valence-electron chi connectivity index (χ2n) is 8.51. The van der Waals surface area contributed by atoms with Gasteiger partial charge in [0.05, 0.1) is 6.26 Å². The van der Waals surface area contributed by atoms with Crippen LogP contribution in [-0.2, 0) is 14.8 Å². The highest BCUT2D eigenvalue weighted by atomic mass is 32.2. The number of anilines is 1. The Bertz CT molecular complexity index is 866. The van der Waals surface area contributed by atoms with Crippen molar-refractivity contribution >= 4 is 27.6 Å². The van der Waals surface area contributed by atoms with Gasteiger partial charge in [-0.1, -0.05) is 6.07 Å². The lowest BCUT2D eigenvalue weighted by Gasteiger charge is -2.35. The minimum Gasteiger partial charge on any atom is -0.335 e. The number of nitrogens with zero attached hydrogens (tertiary/aromatic N) is 2. The molecule has 0 spiro atoms. The molecule has 0 saturated carbocycles. The number of urea groups is 1. The van der Waals surface area contributed by atoms with Crippen molar-refractivity contribution in [3.63, 3.8) is 0 Å². The Kier molecular flexibility index (Phi) is 7.02.